The number of nitrogens with zero attached hydrogens (tertiary/aromatic N) is 1. The van der Waals surface area contributed by atoms with Gasteiger partial charge in [0.2, 0.25) is 0 Å². The number of unbranched alkanes of at least 4 members (excludes halogenated alkanes) is 19. The molecule has 0 N–H and O–H groups in total. The molecule has 0 heterocycles. The number of halogens is 1. The first kappa shape index (κ1) is 32.6. The molecule has 0 saturated carbocycles. The second-order valence-electron chi connectivity index (χ2n) is 10.1. The minimum absolute atomic E-state index is 0. The van der Waals surface area contributed by atoms with Gasteiger partial charge in [0.05, 0.1) is 26.7 Å². The van der Waals surface area contributed by atoms with E-state index in [0.29, 0.717) is 0 Å². The normalized spacial score (nSPS) is 13.2. The van der Waals surface area contributed by atoms with Crippen LogP contribution in [0.1, 0.15) is 156 Å². The molecule has 184 valence electrons. The van der Waals surface area contributed by atoms with Crippen LogP contribution in [0.3, 0.4) is 0 Å². The first-order chi connectivity index (χ1) is 14.2. The molecule has 0 spiro atoms. The summed E-state index contributed by atoms with van der Waals surface area (Å²) in [6, 6.07) is 0. The molecule has 0 aliphatic carbocycles. The molecule has 30 heavy (non-hydrogen) atoms. The Labute approximate surface area is 203 Å². The van der Waals surface area contributed by atoms with Crippen molar-refractivity contribution in [1.82, 2.24) is 0 Å². The molecule has 0 aliphatic heterocycles. The third-order valence-corrected chi connectivity index (χ3v) is 7.12. The van der Waals surface area contributed by atoms with Gasteiger partial charge in [0.1, 0.15) is 0 Å². The van der Waals surface area contributed by atoms with Crippen molar-refractivity contribution in [3.05, 3.63) is 0 Å². The van der Waals surface area contributed by atoms with Crippen molar-refractivity contribution < 1.29 is 21.5 Å². The van der Waals surface area contributed by atoms with Crippen LogP contribution in [-0.2, 0) is 0 Å². The van der Waals surface area contributed by atoms with Gasteiger partial charge >= 0.3 is 0 Å². The van der Waals surface area contributed by atoms with Gasteiger partial charge in [-0.3, -0.25) is 0 Å². The van der Waals surface area contributed by atoms with Crippen molar-refractivity contribution >= 4 is 0 Å². The van der Waals surface area contributed by atoms with E-state index in [1.54, 1.807) is 0 Å². The van der Waals surface area contributed by atoms with Crippen LogP contribution < -0.4 is 17.0 Å². The van der Waals surface area contributed by atoms with Crippen molar-refractivity contribution in [3.8, 4) is 0 Å². The van der Waals surface area contributed by atoms with Crippen LogP contribution in [0.4, 0.5) is 0 Å². The van der Waals surface area contributed by atoms with Crippen LogP contribution in [0.2, 0.25) is 0 Å². The van der Waals surface area contributed by atoms with E-state index in [9.17, 15) is 0 Å². The maximum atomic E-state index is 2.48. The molecule has 0 aromatic heterocycles. The number of rotatable bonds is 24. The highest BCUT2D eigenvalue weighted by Crippen LogP contribution is 2.15. The van der Waals surface area contributed by atoms with E-state index in [4.69, 9.17) is 0 Å². The predicted octanol–water partition coefficient (Wildman–Crippen LogP) is 6.69. The first-order valence-corrected chi connectivity index (χ1v) is 14.0. The Balaban J connectivity index is 0. The third kappa shape index (κ3) is 23.1. The minimum Gasteiger partial charge on any atom is -1.00 e. The maximum absolute atomic E-state index is 2.48. The fourth-order valence-corrected chi connectivity index (χ4v) is 4.57. The van der Waals surface area contributed by atoms with Crippen LogP contribution in [0.15, 0.2) is 0 Å². The van der Waals surface area contributed by atoms with Crippen LogP contribution in [-0.4, -0.2) is 31.2 Å². The maximum Gasteiger partial charge on any atom is 0.0784 e. The summed E-state index contributed by atoms with van der Waals surface area (Å²) in [4.78, 5) is 0. The molecule has 0 aromatic rings. The SMILES string of the molecule is CCCCCCCCCCCCCCCCCCC[N+](C)(CC)CCCCCC.[Br-]. The Bertz CT molecular complexity index is 307. The summed E-state index contributed by atoms with van der Waals surface area (Å²) in [6.07, 6.45) is 30.6. The zero-order valence-corrected chi connectivity index (χ0v) is 23.4. The summed E-state index contributed by atoms with van der Waals surface area (Å²) < 4.78 is 1.31. The Kier molecular flexibility index (Phi) is 27.9. The van der Waals surface area contributed by atoms with Gasteiger partial charge in [-0.15, -0.1) is 0 Å². The van der Waals surface area contributed by atoms with Crippen LogP contribution in [0.25, 0.3) is 0 Å². The fourth-order valence-electron chi connectivity index (χ4n) is 4.57. The lowest BCUT2D eigenvalue weighted by Crippen LogP contribution is -3.00. The highest BCUT2D eigenvalue weighted by atomic mass is 79.9. The van der Waals surface area contributed by atoms with Gasteiger partial charge in [0, 0.05) is 0 Å². The standard InChI is InChI=1S/C28H60N.BrH/c1-5-8-10-12-13-14-15-16-17-18-19-20-21-22-23-24-26-28-29(4,7-3)27-25-11-9-6-2;/h5-28H2,1-4H3;1H/q+1;/p-1. The van der Waals surface area contributed by atoms with E-state index in [2.05, 4.69) is 27.8 Å². The van der Waals surface area contributed by atoms with E-state index in [1.807, 2.05) is 0 Å². The second-order valence-corrected chi connectivity index (χ2v) is 10.1. The number of hydrogen-bond acceptors (Lipinski definition) is 0. The Morgan fingerprint density at radius 1 is 0.367 bits per heavy atom. The van der Waals surface area contributed by atoms with Gasteiger partial charge in [-0.1, -0.05) is 123 Å². The molecule has 0 aliphatic rings. The molecule has 1 unspecified atom stereocenters. The highest BCUT2D eigenvalue weighted by molar-refractivity contribution is 4.51. The topological polar surface area (TPSA) is 0 Å². The zero-order valence-electron chi connectivity index (χ0n) is 21.8. The van der Waals surface area contributed by atoms with E-state index >= 15 is 0 Å². The molecular formula is C28H60BrN. The van der Waals surface area contributed by atoms with E-state index in [-0.39, 0.29) is 17.0 Å². The fraction of sp³-hybridized carbons (Fsp3) is 1.00. The molecule has 1 atom stereocenters. The van der Waals surface area contributed by atoms with Gasteiger partial charge < -0.3 is 21.5 Å². The van der Waals surface area contributed by atoms with Gasteiger partial charge in [0.15, 0.2) is 0 Å². The smallest absolute Gasteiger partial charge is 0.0784 e. The number of quaternary nitrogens is 1. The lowest BCUT2D eigenvalue weighted by molar-refractivity contribution is -0.908. The second kappa shape index (κ2) is 25.7. The lowest BCUT2D eigenvalue weighted by atomic mass is 10.0. The van der Waals surface area contributed by atoms with Gasteiger partial charge in [-0.2, -0.15) is 0 Å². The summed E-state index contributed by atoms with van der Waals surface area (Å²) in [5.41, 5.74) is 0. The molecule has 2 heteroatoms. The lowest BCUT2D eigenvalue weighted by Gasteiger charge is -2.33. The Morgan fingerprint density at radius 2 is 0.600 bits per heavy atom. The molecule has 0 fully saturated rings. The summed E-state index contributed by atoms with van der Waals surface area (Å²) in [5, 5.41) is 0. The van der Waals surface area contributed by atoms with Crippen molar-refractivity contribution in [2.75, 3.05) is 26.7 Å². The predicted molar refractivity (Wildman–Crippen MR) is 135 cm³/mol. The van der Waals surface area contributed by atoms with Gasteiger partial charge in [0.25, 0.3) is 0 Å². The largest absolute Gasteiger partial charge is 1.00 e. The molecule has 0 amide bonds. The first-order valence-electron chi connectivity index (χ1n) is 14.0. The van der Waals surface area contributed by atoms with Crippen LogP contribution >= 0.6 is 0 Å². The molecule has 0 aromatic carbocycles. The summed E-state index contributed by atoms with van der Waals surface area (Å²) in [6.45, 7) is 11.1. The minimum atomic E-state index is 0. The van der Waals surface area contributed by atoms with Crippen molar-refractivity contribution in [3.63, 3.8) is 0 Å². The summed E-state index contributed by atoms with van der Waals surface area (Å²) in [5.74, 6) is 0. The molecule has 0 saturated heterocycles. The average molecular weight is 491 g/mol. The summed E-state index contributed by atoms with van der Waals surface area (Å²) in [7, 11) is 2.48. The Hall–Kier alpha value is 0.440. The number of hydrogen-bond donors (Lipinski definition) is 0. The molecular weight excluding hydrogens is 430 g/mol. The monoisotopic (exact) mass is 489 g/mol. The van der Waals surface area contributed by atoms with Crippen LogP contribution in [0.5, 0.6) is 0 Å². The molecule has 0 radical (unpaired) electrons. The van der Waals surface area contributed by atoms with Crippen molar-refractivity contribution in [2.24, 2.45) is 0 Å². The zero-order chi connectivity index (χ0) is 21.5. The summed E-state index contributed by atoms with van der Waals surface area (Å²) >= 11 is 0. The molecule has 0 bridgehead atoms. The third-order valence-electron chi connectivity index (χ3n) is 7.12. The van der Waals surface area contributed by atoms with Crippen molar-refractivity contribution in [2.45, 2.75) is 156 Å². The van der Waals surface area contributed by atoms with E-state index < -0.39 is 0 Å². The Morgan fingerprint density at radius 3 is 0.867 bits per heavy atom. The van der Waals surface area contributed by atoms with Gasteiger partial charge in [-0.05, 0) is 32.6 Å². The van der Waals surface area contributed by atoms with Crippen LogP contribution in [0, 0.1) is 0 Å². The van der Waals surface area contributed by atoms with Crippen molar-refractivity contribution in [1.29, 1.82) is 0 Å². The highest BCUT2D eigenvalue weighted by Gasteiger charge is 2.17. The molecule has 0 rings (SSSR count). The van der Waals surface area contributed by atoms with Gasteiger partial charge in [-0.25, -0.2) is 0 Å². The average Bonchev–Trinajstić information content (AvgIpc) is 2.73. The van der Waals surface area contributed by atoms with E-state index in [0.717, 1.165) is 0 Å². The quantitative estimate of drug-likeness (QED) is 0.104. The molecule has 1 nitrogen and oxygen atoms in total. The van der Waals surface area contributed by atoms with E-state index in [1.165, 1.54) is 159 Å².